The van der Waals surface area contributed by atoms with Crippen LogP contribution in [0.15, 0.2) is 30.3 Å². The van der Waals surface area contributed by atoms with E-state index in [0.717, 1.165) is 19.5 Å². The van der Waals surface area contributed by atoms with Crippen molar-refractivity contribution < 1.29 is 0 Å². The fourth-order valence-corrected chi connectivity index (χ4v) is 2.49. The standard InChI is InChI=1S/C16H22N2/c1-2-3-11-17-16-9-12-18(13-10-16)14-15-7-5-4-6-8-15/h1,4-8,16-17H,3,9-14H2. The Balaban J connectivity index is 1.69. The molecular formula is C16H22N2. The minimum Gasteiger partial charge on any atom is -0.313 e. The van der Waals surface area contributed by atoms with Crippen LogP contribution in [-0.4, -0.2) is 30.6 Å². The minimum absolute atomic E-state index is 0.658. The second-order valence-corrected chi connectivity index (χ2v) is 4.94. The number of nitrogens with one attached hydrogen (secondary N) is 1. The quantitative estimate of drug-likeness (QED) is 0.629. The van der Waals surface area contributed by atoms with Gasteiger partial charge in [0.2, 0.25) is 0 Å². The van der Waals surface area contributed by atoms with Crippen molar-refractivity contribution in [2.45, 2.75) is 31.8 Å². The zero-order valence-corrected chi connectivity index (χ0v) is 10.9. The Kier molecular flexibility index (Phi) is 5.26. The van der Waals surface area contributed by atoms with E-state index < -0.39 is 0 Å². The first-order valence-electron chi connectivity index (χ1n) is 6.81. The highest BCUT2D eigenvalue weighted by atomic mass is 15.1. The van der Waals surface area contributed by atoms with Gasteiger partial charge in [0.1, 0.15) is 0 Å². The largest absolute Gasteiger partial charge is 0.313 e. The maximum absolute atomic E-state index is 5.25. The normalized spacial score (nSPS) is 17.5. The molecule has 0 saturated carbocycles. The fraction of sp³-hybridized carbons (Fsp3) is 0.500. The molecule has 0 radical (unpaired) electrons. The van der Waals surface area contributed by atoms with E-state index in [2.05, 4.69) is 46.5 Å². The Hall–Kier alpha value is -1.30. The highest BCUT2D eigenvalue weighted by Crippen LogP contribution is 2.13. The van der Waals surface area contributed by atoms with Gasteiger partial charge >= 0.3 is 0 Å². The second kappa shape index (κ2) is 7.20. The van der Waals surface area contributed by atoms with Crippen LogP contribution in [0.5, 0.6) is 0 Å². The fourth-order valence-electron chi connectivity index (χ4n) is 2.49. The number of likely N-dealkylation sites (tertiary alicyclic amines) is 1. The summed E-state index contributed by atoms with van der Waals surface area (Å²) in [6.45, 7) is 4.41. The summed E-state index contributed by atoms with van der Waals surface area (Å²) in [6.07, 6.45) is 8.56. The summed E-state index contributed by atoms with van der Waals surface area (Å²) >= 11 is 0. The molecule has 1 aliphatic rings. The molecule has 0 amide bonds. The molecule has 2 rings (SSSR count). The minimum atomic E-state index is 0.658. The van der Waals surface area contributed by atoms with Crippen LogP contribution in [0.2, 0.25) is 0 Å². The maximum Gasteiger partial charge on any atom is 0.0233 e. The summed E-state index contributed by atoms with van der Waals surface area (Å²) in [7, 11) is 0. The van der Waals surface area contributed by atoms with Crippen molar-refractivity contribution in [2.75, 3.05) is 19.6 Å². The van der Waals surface area contributed by atoms with Gasteiger partial charge < -0.3 is 5.32 Å². The topological polar surface area (TPSA) is 15.3 Å². The van der Waals surface area contributed by atoms with E-state index >= 15 is 0 Å². The maximum atomic E-state index is 5.25. The van der Waals surface area contributed by atoms with E-state index in [-0.39, 0.29) is 0 Å². The third-order valence-electron chi connectivity index (χ3n) is 3.54. The van der Waals surface area contributed by atoms with Crippen LogP contribution < -0.4 is 5.32 Å². The van der Waals surface area contributed by atoms with Crippen LogP contribution in [0.25, 0.3) is 0 Å². The zero-order chi connectivity index (χ0) is 12.6. The molecule has 1 aromatic rings. The Morgan fingerprint density at radius 1 is 1.22 bits per heavy atom. The van der Waals surface area contributed by atoms with Gasteiger partial charge in [-0.3, -0.25) is 4.90 Å². The van der Waals surface area contributed by atoms with Crippen molar-refractivity contribution in [2.24, 2.45) is 0 Å². The summed E-state index contributed by atoms with van der Waals surface area (Å²) < 4.78 is 0. The molecule has 0 aromatic heterocycles. The summed E-state index contributed by atoms with van der Waals surface area (Å²) in [6, 6.07) is 11.4. The van der Waals surface area contributed by atoms with Gasteiger partial charge in [-0.05, 0) is 31.5 Å². The van der Waals surface area contributed by atoms with E-state index in [9.17, 15) is 0 Å². The molecule has 0 bridgehead atoms. The van der Waals surface area contributed by atoms with E-state index in [1.54, 1.807) is 0 Å². The highest BCUT2D eigenvalue weighted by Gasteiger charge is 2.18. The van der Waals surface area contributed by atoms with Crippen molar-refractivity contribution >= 4 is 0 Å². The van der Waals surface area contributed by atoms with Gasteiger partial charge in [-0.2, -0.15) is 0 Å². The predicted octanol–water partition coefficient (Wildman–Crippen LogP) is 2.26. The third kappa shape index (κ3) is 4.18. The molecular weight excluding hydrogens is 220 g/mol. The van der Waals surface area contributed by atoms with Crippen molar-refractivity contribution in [3.05, 3.63) is 35.9 Å². The molecule has 1 heterocycles. The number of piperidine rings is 1. The Morgan fingerprint density at radius 3 is 2.61 bits per heavy atom. The molecule has 1 fully saturated rings. The van der Waals surface area contributed by atoms with Gasteiger partial charge in [0.15, 0.2) is 0 Å². The Bertz CT molecular complexity index is 372. The lowest BCUT2D eigenvalue weighted by molar-refractivity contribution is 0.191. The molecule has 0 aliphatic carbocycles. The Morgan fingerprint density at radius 2 is 1.94 bits per heavy atom. The molecule has 2 nitrogen and oxygen atoms in total. The molecule has 1 N–H and O–H groups in total. The van der Waals surface area contributed by atoms with Crippen molar-refractivity contribution in [3.63, 3.8) is 0 Å². The van der Waals surface area contributed by atoms with Crippen molar-refractivity contribution in [1.29, 1.82) is 0 Å². The first-order valence-corrected chi connectivity index (χ1v) is 6.81. The van der Waals surface area contributed by atoms with Gasteiger partial charge in [0.25, 0.3) is 0 Å². The SMILES string of the molecule is C#CCCNC1CCN(Cc2ccccc2)CC1. The number of hydrogen-bond acceptors (Lipinski definition) is 2. The van der Waals surface area contributed by atoms with E-state index in [1.807, 2.05) is 0 Å². The molecule has 18 heavy (non-hydrogen) atoms. The van der Waals surface area contributed by atoms with Crippen LogP contribution in [0, 0.1) is 12.3 Å². The Labute approximate surface area is 110 Å². The van der Waals surface area contributed by atoms with Gasteiger partial charge in [0, 0.05) is 25.6 Å². The summed E-state index contributed by atoms with van der Waals surface area (Å²) in [5.41, 5.74) is 1.41. The second-order valence-electron chi connectivity index (χ2n) is 4.94. The van der Waals surface area contributed by atoms with Crippen molar-refractivity contribution in [3.8, 4) is 12.3 Å². The smallest absolute Gasteiger partial charge is 0.0233 e. The molecule has 1 aliphatic heterocycles. The predicted molar refractivity (Wildman–Crippen MR) is 76.2 cm³/mol. The molecule has 0 spiro atoms. The number of rotatable bonds is 5. The zero-order valence-electron chi connectivity index (χ0n) is 10.9. The number of hydrogen-bond donors (Lipinski definition) is 1. The highest BCUT2D eigenvalue weighted by molar-refractivity contribution is 5.14. The number of nitrogens with zero attached hydrogens (tertiary/aromatic N) is 1. The average Bonchev–Trinajstić information content (AvgIpc) is 2.42. The first-order chi connectivity index (χ1) is 8.88. The van der Waals surface area contributed by atoms with Gasteiger partial charge in [-0.15, -0.1) is 12.3 Å². The first kappa shape index (κ1) is 13.1. The van der Waals surface area contributed by atoms with E-state index in [4.69, 9.17) is 6.42 Å². The van der Waals surface area contributed by atoms with E-state index in [0.29, 0.717) is 6.04 Å². The molecule has 1 saturated heterocycles. The van der Waals surface area contributed by atoms with Crippen LogP contribution in [-0.2, 0) is 6.54 Å². The third-order valence-corrected chi connectivity index (χ3v) is 3.54. The lowest BCUT2D eigenvalue weighted by atomic mass is 10.0. The van der Waals surface area contributed by atoms with Gasteiger partial charge in [-0.1, -0.05) is 30.3 Å². The average molecular weight is 242 g/mol. The number of terminal acetylenes is 1. The van der Waals surface area contributed by atoms with Crippen LogP contribution in [0.4, 0.5) is 0 Å². The number of benzene rings is 1. The molecule has 0 unspecified atom stereocenters. The lowest BCUT2D eigenvalue weighted by Gasteiger charge is -2.32. The van der Waals surface area contributed by atoms with Crippen LogP contribution >= 0.6 is 0 Å². The summed E-state index contributed by atoms with van der Waals surface area (Å²) in [5.74, 6) is 2.68. The van der Waals surface area contributed by atoms with Gasteiger partial charge in [-0.25, -0.2) is 0 Å². The van der Waals surface area contributed by atoms with Crippen LogP contribution in [0.1, 0.15) is 24.8 Å². The molecule has 1 aromatic carbocycles. The van der Waals surface area contributed by atoms with Crippen molar-refractivity contribution in [1.82, 2.24) is 10.2 Å². The van der Waals surface area contributed by atoms with Gasteiger partial charge in [0.05, 0.1) is 0 Å². The van der Waals surface area contributed by atoms with E-state index in [1.165, 1.54) is 31.5 Å². The monoisotopic (exact) mass is 242 g/mol. The van der Waals surface area contributed by atoms with Crippen LogP contribution in [0.3, 0.4) is 0 Å². The lowest BCUT2D eigenvalue weighted by Crippen LogP contribution is -2.42. The molecule has 0 atom stereocenters. The summed E-state index contributed by atoms with van der Waals surface area (Å²) in [4.78, 5) is 2.54. The summed E-state index contributed by atoms with van der Waals surface area (Å²) in [5, 5.41) is 3.54. The molecule has 96 valence electrons. The molecule has 2 heteroatoms.